The van der Waals surface area contributed by atoms with Crippen molar-refractivity contribution in [2.24, 2.45) is 11.5 Å². The van der Waals surface area contributed by atoms with Crippen LogP contribution in [0.1, 0.15) is 48.8 Å². The SMILES string of the molecule is CN1C(=O)[C@H](CCCCN)NC(=O)[C@H](CCCN)NCc2cccnc2Sc2c(Cl)cc(OB(O)O)cc2CNC(=O)[C@@H]1Cc1c[nH]c2ccccc12. The van der Waals surface area contributed by atoms with Crippen molar-refractivity contribution in [3.63, 3.8) is 0 Å². The number of halogens is 1. The lowest BCUT2D eigenvalue weighted by molar-refractivity contribution is -0.142. The summed E-state index contributed by atoms with van der Waals surface area (Å²) in [6.45, 7) is 1.01. The van der Waals surface area contributed by atoms with E-state index in [4.69, 9.17) is 27.7 Å². The number of benzene rings is 2. The Bertz CT molecular complexity index is 1880. The minimum absolute atomic E-state index is 0.0513. The van der Waals surface area contributed by atoms with Crippen LogP contribution in [-0.4, -0.2) is 88.2 Å². The molecule has 0 saturated heterocycles. The van der Waals surface area contributed by atoms with E-state index in [1.54, 1.807) is 25.4 Å². The smallest absolute Gasteiger partial charge is 0.512 e. The molecule has 14 nitrogen and oxygen atoms in total. The highest BCUT2D eigenvalue weighted by Gasteiger charge is 2.34. The Morgan fingerprint density at radius 1 is 0.981 bits per heavy atom. The molecule has 1 aliphatic heterocycles. The zero-order valence-electron chi connectivity index (χ0n) is 29.5. The second-order valence-electron chi connectivity index (χ2n) is 12.9. The van der Waals surface area contributed by atoms with Gasteiger partial charge in [0.15, 0.2) is 0 Å². The van der Waals surface area contributed by atoms with Crippen LogP contribution >= 0.6 is 23.4 Å². The maximum absolute atomic E-state index is 14.4. The van der Waals surface area contributed by atoms with Gasteiger partial charge in [-0.05, 0) is 86.1 Å². The number of aromatic amines is 1. The number of nitrogens with zero attached hydrogens (tertiary/aromatic N) is 2. The van der Waals surface area contributed by atoms with Gasteiger partial charge in [-0.2, -0.15) is 0 Å². The summed E-state index contributed by atoms with van der Waals surface area (Å²) in [7, 11) is -0.532. The Balaban J connectivity index is 1.59. The molecule has 0 fully saturated rings. The summed E-state index contributed by atoms with van der Waals surface area (Å²) in [6, 6.07) is 11.8. The van der Waals surface area contributed by atoms with Gasteiger partial charge in [0.2, 0.25) is 17.7 Å². The van der Waals surface area contributed by atoms with Crippen molar-refractivity contribution >= 4 is 59.3 Å². The number of aromatic nitrogens is 2. The van der Waals surface area contributed by atoms with Crippen LogP contribution in [0.4, 0.5) is 0 Å². The number of para-hydroxylation sites is 1. The second-order valence-corrected chi connectivity index (χ2v) is 14.3. The molecule has 3 amide bonds. The normalized spacial score (nSPS) is 18.9. The van der Waals surface area contributed by atoms with E-state index in [-0.39, 0.29) is 36.2 Å². The Morgan fingerprint density at radius 3 is 2.53 bits per heavy atom. The number of amides is 3. The molecule has 0 bridgehead atoms. The number of carbonyl (C=O) groups excluding carboxylic acids is 3. The fourth-order valence-electron chi connectivity index (χ4n) is 6.32. The number of likely N-dealkylation sites (N-methyl/N-ethyl adjacent to an activating group) is 1. The zero-order valence-corrected chi connectivity index (χ0v) is 31.1. The molecule has 2 aromatic heterocycles. The third kappa shape index (κ3) is 10.5. The highest BCUT2D eigenvalue weighted by Crippen LogP contribution is 2.39. The summed E-state index contributed by atoms with van der Waals surface area (Å²) in [4.78, 5) is 52.5. The van der Waals surface area contributed by atoms with Gasteiger partial charge >= 0.3 is 7.32 Å². The highest BCUT2D eigenvalue weighted by atomic mass is 35.5. The van der Waals surface area contributed by atoms with Crippen molar-refractivity contribution in [3.05, 3.63) is 82.6 Å². The molecular formula is C36H46BClN8O6S. The van der Waals surface area contributed by atoms with E-state index in [0.29, 0.717) is 60.7 Å². The first-order valence-corrected chi connectivity index (χ1v) is 18.8. The van der Waals surface area contributed by atoms with Gasteiger partial charge in [0.05, 0.1) is 11.1 Å². The molecule has 0 saturated carbocycles. The van der Waals surface area contributed by atoms with Crippen LogP contribution in [0.2, 0.25) is 5.02 Å². The number of unbranched alkanes of at least 4 members (excludes halogenated alkanes) is 1. The standard InChI is InChI=1S/C36H46BClN8O6S/c1-46-31(17-23-20-42-28-10-3-2-9-26(23)28)34(48)44-21-24-16-25(52-37(50)51)18-27(38)32(24)53-35-22(8-7-15-41-35)19-43-29(12-6-14-40)33(47)45-30(36(46)49)11-4-5-13-39/h2-3,7-10,15-16,18,20,29-31,42-43,50-51H,4-6,11-14,17,19,21,39-40H2,1H3,(H,44,48)(H,45,47)/t29-,30-,31-/m0/s1. The second kappa shape index (κ2) is 19.3. The van der Waals surface area contributed by atoms with E-state index in [1.165, 1.54) is 22.7 Å². The van der Waals surface area contributed by atoms with Crippen molar-refractivity contribution in [2.75, 3.05) is 20.1 Å². The van der Waals surface area contributed by atoms with Crippen LogP contribution in [0.15, 0.2) is 70.8 Å². The van der Waals surface area contributed by atoms with Gasteiger partial charge < -0.3 is 52.0 Å². The molecule has 282 valence electrons. The van der Waals surface area contributed by atoms with Crippen molar-refractivity contribution < 1.29 is 29.1 Å². The number of rotatable bonds is 11. The van der Waals surface area contributed by atoms with Gasteiger partial charge in [0, 0.05) is 54.8 Å². The van der Waals surface area contributed by atoms with Gasteiger partial charge in [0.25, 0.3) is 0 Å². The number of hydrogen-bond acceptors (Lipinski definition) is 11. The van der Waals surface area contributed by atoms with Crippen LogP contribution in [0.5, 0.6) is 5.75 Å². The fourth-order valence-corrected chi connectivity index (χ4v) is 7.66. The first-order valence-electron chi connectivity index (χ1n) is 17.6. The predicted molar refractivity (Wildman–Crippen MR) is 205 cm³/mol. The van der Waals surface area contributed by atoms with E-state index >= 15 is 0 Å². The van der Waals surface area contributed by atoms with Crippen molar-refractivity contribution in [3.8, 4) is 5.75 Å². The lowest BCUT2D eigenvalue weighted by Crippen LogP contribution is -2.57. The van der Waals surface area contributed by atoms with Crippen LogP contribution in [0, 0.1) is 0 Å². The number of carbonyl (C=O) groups is 3. The predicted octanol–water partition coefficient (Wildman–Crippen LogP) is 2.23. The lowest BCUT2D eigenvalue weighted by atomic mass is 10.0. The van der Waals surface area contributed by atoms with Gasteiger partial charge in [-0.3, -0.25) is 14.4 Å². The summed E-state index contributed by atoms with van der Waals surface area (Å²) in [5, 5.41) is 30.2. The number of pyridine rings is 1. The number of hydrogen-bond donors (Lipinski definition) is 8. The molecule has 1 aliphatic rings. The Hall–Kier alpha value is -4.16. The van der Waals surface area contributed by atoms with Crippen LogP contribution in [-0.2, 0) is 33.9 Å². The van der Waals surface area contributed by atoms with Crippen molar-refractivity contribution in [1.82, 2.24) is 30.8 Å². The Labute approximate surface area is 317 Å². The van der Waals surface area contributed by atoms with E-state index in [9.17, 15) is 24.4 Å². The number of H-pyrrole nitrogens is 1. The fraction of sp³-hybridized carbons (Fsp3) is 0.389. The molecule has 0 aliphatic carbocycles. The van der Waals surface area contributed by atoms with E-state index in [1.807, 2.05) is 36.5 Å². The minimum Gasteiger partial charge on any atom is -0.512 e. The van der Waals surface area contributed by atoms with E-state index in [0.717, 1.165) is 22.0 Å². The molecule has 4 aromatic rings. The molecular weight excluding hydrogens is 719 g/mol. The van der Waals surface area contributed by atoms with Crippen LogP contribution < -0.4 is 32.1 Å². The third-order valence-corrected chi connectivity index (χ3v) is 10.8. The third-order valence-electron chi connectivity index (χ3n) is 9.16. The van der Waals surface area contributed by atoms with Crippen LogP contribution in [0.3, 0.4) is 0 Å². The molecule has 3 heterocycles. The highest BCUT2D eigenvalue weighted by molar-refractivity contribution is 7.99. The summed E-state index contributed by atoms with van der Waals surface area (Å²) in [6.07, 6.45) is 6.19. The average molecular weight is 765 g/mol. The lowest BCUT2D eigenvalue weighted by Gasteiger charge is -2.32. The molecule has 5 rings (SSSR count). The Morgan fingerprint density at radius 2 is 1.75 bits per heavy atom. The molecule has 0 spiro atoms. The molecule has 2 aromatic carbocycles. The maximum Gasteiger partial charge on any atom is 0.707 e. The first kappa shape index (κ1) is 40.0. The summed E-state index contributed by atoms with van der Waals surface area (Å²) in [5.74, 6) is -1.16. The van der Waals surface area contributed by atoms with E-state index < -0.39 is 37.3 Å². The van der Waals surface area contributed by atoms with Gasteiger partial charge in [0.1, 0.15) is 22.9 Å². The quantitative estimate of drug-likeness (QED) is 0.0818. The monoisotopic (exact) mass is 764 g/mol. The van der Waals surface area contributed by atoms with Crippen molar-refractivity contribution in [1.29, 1.82) is 0 Å². The molecule has 3 atom stereocenters. The largest absolute Gasteiger partial charge is 0.707 e. The van der Waals surface area contributed by atoms with Gasteiger partial charge in [-0.15, -0.1) is 0 Å². The topological polar surface area (TPSA) is 221 Å². The van der Waals surface area contributed by atoms with Crippen molar-refractivity contribution in [2.45, 2.75) is 79.7 Å². The zero-order chi connectivity index (χ0) is 37.9. The summed E-state index contributed by atoms with van der Waals surface area (Å²) in [5.41, 5.74) is 14.6. The number of fused-ring (bicyclic) bond motifs is 3. The summed E-state index contributed by atoms with van der Waals surface area (Å²) >= 11 is 8.05. The van der Waals surface area contributed by atoms with Gasteiger partial charge in [-0.25, -0.2) is 4.98 Å². The first-order chi connectivity index (χ1) is 25.6. The molecule has 17 heteroatoms. The minimum atomic E-state index is -2.10. The van der Waals surface area contributed by atoms with Gasteiger partial charge in [-0.1, -0.05) is 47.6 Å². The van der Waals surface area contributed by atoms with E-state index in [2.05, 4.69) is 25.9 Å². The molecule has 53 heavy (non-hydrogen) atoms. The average Bonchev–Trinajstić information content (AvgIpc) is 3.55. The number of nitrogens with two attached hydrogens (primary N) is 2. The summed E-state index contributed by atoms with van der Waals surface area (Å²) < 4.78 is 5.15. The Kier molecular flexibility index (Phi) is 14.5. The van der Waals surface area contributed by atoms with Crippen LogP contribution in [0.25, 0.3) is 10.9 Å². The number of nitrogens with one attached hydrogen (secondary N) is 4. The molecule has 0 unspecified atom stereocenters. The molecule has 10 N–H and O–H groups in total. The molecule has 0 radical (unpaired) electrons. The maximum atomic E-state index is 14.4.